The summed E-state index contributed by atoms with van der Waals surface area (Å²) < 4.78 is 0. The van der Waals surface area contributed by atoms with E-state index in [1.165, 1.54) is 0 Å². The van der Waals surface area contributed by atoms with Gasteiger partial charge in [-0.3, -0.25) is 4.79 Å². The molecule has 2 rings (SSSR count). The van der Waals surface area contributed by atoms with Gasteiger partial charge in [0.2, 0.25) is 0 Å². The number of anilines is 1. The second-order valence-electron chi connectivity index (χ2n) is 3.94. The van der Waals surface area contributed by atoms with E-state index in [1.807, 2.05) is 24.3 Å². The Bertz CT molecular complexity index is 369. The van der Waals surface area contributed by atoms with Gasteiger partial charge in [0.1, 0.15) is 0 Å². The largest absolute Gasteiger partial charge is 0.481 e. The lowest BCUT2D eigenvalue weighted by atomic mass is 9.91. The Kier molecular flexibility index (Phi) is 1.95. The number of nitrogens with two attached hydrogens (primary N) is 1. The maximum Gasteiger partial charge on any atom is 0.304 e. The van der Waals surface area contributed by atoms with Gasteiger partial charge in [0, 0.05) is 11.1 Å². The summed E-state index contributed by atoms with van der Waals surface area (Å²) in [7, 11) is 0. The average Bonchev–Trinajstić information content (AvgIpc) is 2.85. The molecule has 1 aromatic rings. The van der Waals surface area contributed by atoms with Crippen molar-refractivity contribution < 1.29 is 9.90 Å². The molecule has 0 aliphatic heterocycles. The maximum absolute atomic E-state index is 10.7. The van der Waals surface area contributed by atoms with Gasteiger partial charge in [0.05, 0.1) is 6.42 Å². The highest BCUT2D eigenvalue weighted by atomic mass is 16.4. The molecule has 0 unspecified atom stereocenters. The molecule has 3 heteroatoms. The quantitative estimate of drug-likeness (QED) is 0.716. The molecule has 74 valence electrons. The lowest BCUT2D eigenvalue weighted by molar-refractivity contribution is -0.137. The SMILES string of the molecule is Nc1ccccc1C1(CC(=O)O)CC1. The fraction of sp³-hybridized carbons (Fsp3) is 0.364. The summed E-state index contributed by atoms with van der Waals surface area (Å²) in [6.45, 7) is 0. The van der Waals surface area contributed by atoms with E-state index in [-0.39, 0.29) is 11.8 Å². The summed E-state index contributed by atoms with van der Waals surface area (Å²) in [6.07, 6.45) is 2.07. The fourth-order valence-corrected chi connectivity index (χ4v) is 1.96. The first-order valence-electron chi connectivity index (χ1n) is 4.71. The van der Waals surface area contributed by atoms with Gasteiger partial charge in [-0.15, -0.1) is 0 Å². The van der Waals surface area contributed by atoms with Gasteiger partial charge in [0.15, 0.2) is 0 Å². The van der Waals surface area contributed by atoms with E-state index in [0.717, 1.165) is 18.4 Å². The Morgan fingerprint density at radius 1 is 1.43 bits per heavy atom. The fourth-order valence-electron chi connectivity index (χ4n) is 1.96. The van der Waals surface area contributed by atoms with Gasteiger partial charge in [0.25, 0.3) is 0 Å². The molecule has 1 fully saturated rings. The van der Waals surface area contributed by atoms with Gasteiger partial charge >= 0.3 is 5.97 Å². The Morgan fingerprint density at radius 3 is 2.57 bits per heavy atom. The summed E-state index contributed by atoms with van der Waals surface area (Å²) in [4.78, 5) is 10.7. The third kappa shape index (κ3) is 1.45. The van der Waals surface area contributed by atoms with Crippen molar-refractivity contribution in [2.24, 2.45) is 0 Å². The molecule has 0 heterocycles. The first kappa shape index (κ1) is 9.06. The number of nitrogen functional groups attached to an aromatic ring is 1. The van der Waals surface area contributed by atoms with Crippen LogP contribution in [0.5, 0.6) is 0 Å². The summed E-state index contributed by atoms with van der Waals surface area (Å²) in [5.41, 5.74) is 7.38. The Hall–Kier alpha value is -1.51. The number of carboxylic acids is 1. The van der Waals surface area contributed by atoms with Gasteiger partial charge in [-0.25, -0.2) is 0 Å². The molecule has 3 nitrogen and oxygen atoms in total. The average molecular weight is 191 g/mol. The summed E-state index contributed by atoms with van der Waals surface area (Å²) in [6, 6.07) is 7.55. The topological polar surface area (TPSA) is 63.3 Å². The smallest absolute Gasteiger partial charge is 0.304 e. The standard InChI is InChI=1S/C11H13NO2/c12-9-4-2-1-3-8(9)11(5-6-11)7-10(13)14/h1-4H,5-7,12H2,(H,13,14). The Labute approximate surface area is 82.5 Å². The first-order valence-corrected chi connectivity index (χ1v) is 4.71. The minimum atomic E-state index is -0.745. The molecule has 0 atom stereocenters. The summed E-state index contributed by atoms with van der Waals surface area (Å²) >= 11 is 0. The number of benzene rings is 1. The van der Waals surface area contributed by atoms with Crippen molar-refractivity contribution in [2.75, 3.05) is 5.73 Å². The third-order valence-electron chi connectivity index (χ3n) is 2.88. The third-order valence-corrected chi connectivity index (χ3v) is 2.88. The molecule has 0 spiro atoms. The molecular weight excluding hydrogens is 178 g/mol. The second-order valence-corrected chi connectivity index (χ2v) is 3.94. The zero-order chi connectivity index (χ0) is 10.2. The van der Waals surface area contributed by atoms with Crippen LogP contribution in [0, 0.1) is 0 Å². The minimum Gasteiger partial charge on any atom is -0.481 e. The van der Waals surface area contributed by atoms with Crippen LogP contribution < -0.4 is 5.73 Å². The number of aliphatic carboxylic acids is 1. The predicted molar refractivity (Wildman–Crippen MR) is 54.0 cm³/mol. The van der Waals surface area contributed by atoms with Crippen molar-refractivity contribution in [1.29, 1.82) is 0 Å². The first-order chi connectivity index (χ1) is 6.64. The molecule has 1 aromatic carbocycles. The number of para-hydroxylation sites is 1. The van der Waals surface area contributed by atoms with Crippen molar-refractivity contribution in [3.05, 3.63) is 29.8 Å². The van der Waals surface area contributed by atoms with Crippen molar-refractivity contribution in [3.8, 4) is 0 Å². The number of carboxylic acid groups (broad SMARTS) is 1. The minimum absolute atomic E-state index is 0.169. The Balaban J connectivity index is 2.31. The van der Waals surface area contributed by atoms with E-state index in [9.17, 15) is 4.79 Å². The molecule has 1 saturated carbocycles. The van der Waals surface area contributed by atoms with Crippen molar-refractivity contribution in [3.63, 3.8) is 0 Å². The van der Waals surface area contributed by atoms with Gasteiger partial charge < -0.3 is 10.8 Å². The number of hydrogen-bond donors (Lipinski definition) is 2. The van der Waals surface area contributed by atoms with Crippen LogP contribution >= 0.6 is 0 Å². The molecule has 14 heavy (non-hydrogen) atoms. The Morgan fingerprint density at radius 2 is 2.07 bits per heavy atom. The zero-order valence-corrected chi connectivity index (χ0v) is 7.86. The van der Waals surface area contributed by atoms with E-state index in [2.05, 4.69) is 0 Å². The molecule has 0 amide bonds. The van der Waals surface area contributed by atoms with Crippen LogP contribution in [0.4, 0.5) is 5.69 Å². The molecule has 0 aromatic heterocycles. The zero-order valence-electron chi connectivity index (χ0n) is 7.86. The van der Waals surface area contributed by atoms with Gasteiger partial charge in [-0.05, 0) is 24.5 Å². The molecular formula is C11H13NO2. The molecule has 3 N–H and O–H groups in total. The maximum atomic E-state index is 10.7. The molecule has 1 aliphatic carbocycles. The van der Waals surface area contributed by atoms with Crippen LogP contribution in [0.25, 0.3) is 0 Å². The molecule has 0 bridgehead atoms. The van der Waals surface area contributed by atoms with E-state index in [4.69, 9.17) is 10.8 Å². The number of hydrogen-bond acceptors (Lipinski definition) is 2. The number of carbonyl (C=O) groups is 1. The van der Waals surface area contributed by atoms with Crippen LogP contribution in [0.2, 0.25) is 0 Å². The van der Waals surface area contributed by atoms with E-state index in [1.54, 1.807) is 0 Å². The van der Waals surface area contributed by atoms with Gasteiger partial charge in [-0.2, -0.15) is 0 Å². The van der Waals surface area contributed by atoms with Crippen LogP contribution in [0.1, 0.15) is 24.8 Å². The lowest BCUT2D eigenvalue weighted by Crippen LogP contribution is -2.14. The van der Waals surface area contributed by atoms with Crippen molar-refractivity contribution in [2.45, 2.75) is 24.7 Å². The normalized spacial score (nSPS) is 17.7. The monoisotopic (exact) mass is 191 g/mol. The lowest BCUT2D eigenvalue weighted by Gasteiger charge is -2.15. The predicted octanol–water partition coefficient (Wildman–Crippen LogP) is 1.78. The highest BCUT2D eigenvalue weighted by molar-refractivity contribution is 5.71. The second kappa shape index (κ2) is 3.01. The summed E-state index contributed by atoms with van der Waals surface area (Å²) in [5.74, 6) is -0.745. The van der Waals surface area contributed by atoms with Crippen LogP contribution in [-0.2, 0) is 10.2 Å². The van der Waals surface area contributed by atoms with Crippen molar-refractivity contribution in [1.82, 2.24) is 0 Å². The van der Waals surface area contributed by atoms with Crippen LogP contribution in [0.15, 0.2) is 24.3 Å². The van der Waals surface area contributed by atoms with Crippen LogP contribution in [0.3, 0.4) is 0 Å². The van der Waals surface area contributed by atoms with E-state index >= 15 is 0 Å². The highest BCUT2D eigenvalue weighted by Gasteiger charge is 2.46. The van der Waals surface area contributed by atoms with Crippen molar-refractivity contribution >= 4 is 11.7 Å². The summed E-state index contributed by atoms with van der Waals surface area (Å²) in [5, 5.41) is 8.80. The van der Waals surface area contributed by atoms with E-state index in [0.29, 0.717) is 5.69 Å². The number of rotatable bonds is 3. The molecule has 0 saturated heterocycles. The highest BCUT2D eigenvalue weighted by Crippen LogP contribution is 2.52. The molecule has 1 aliphatic rings. The van der Waals surface area contributed by atoms with Gasteiger partial charge in [-0.1, -0.05) is 18.2 Å². The van der Waals surface area contributed by atoms with E-state index < -0.39 is 5.97 Å². The van der Waals surface area contributed by atoms with Crippen LogP contribution in [-0.4, -0.2) is 11.1 Å². The molecule has 0 radical (unpaired) electrons.